The molecule has 6 heteroatoms. The number of aromatic nitrogens is 2. The topological polar surface area (TPSA) is 73.4 Å². The molecule has 1 atom stereocenters. The van der Waals surface area contributed by atoms with Gasteiger partial charge in [-0.15, -0.1) is 0 Å². The molecule has 2 amide bonds. The molecule has 2 aromatic carbocycles. The summed E-state index contributed by atoms with van der Waals surface area (Å²) in [4.78, 5) is 27.7. The summed E-state index contributed by atoms with van der Waals surface area (Å²) in [6.07, 6.45) is 8.86. The molecule has 0 spiro atoms. The van der Waals surface area contributed by atoms with Crippen LogP contribution in [0.25, 0.3) is 11.0 Å². The van der Waals surface area contributed by atoms with Crippen molar-refractivity contribution in [3.63, 3.8) is 0 Å². The smallest absolute Gasteiger partial charge is 0.328 e. The van der Waals surface area contributed by atoms with Crippen LogP contribution in [0.15, 0.2) is 47.7 Å². The van der Waals surface area contributed by atoms with Crippen molar-refractivity contribution in [2.75, 3.05) is 4.90 Å². The maximum absolute atomic E-state index is 13.2. The minimum Gasteiger partial charge on any atom is -0.345 e. The number of carbonyl (C=O) groups excluding carboxylic acids is 1. The van der Waals surface area contributed by atoms with Crippen LogP contribution in [0.3, 0.4) is 0 Å². The van der Waals surface area contributed by atoms with E-state index in [0.717, 1.165) is 41.0 Å². The van der Waals surface area contributed by atoms with Gasteiger partial charge in [-0.2, -0.15) is 0 Å². The van der Waals surface area contributed by atoms with E-state index < -0.39 is 0 Å². The van der Waals surface area contributed by atoms with Crippen molar-refractivity contribution in [1.82, 2.24) is 15.3 Å². The number of hydrogen-bond acceptors (Lipinski definition) is 3. The van der Waals surface area contributed by atoms with E-state index in [1.54, 1.807) is 6.33 Å². The van der Waals surface area contributed by atoms with Crippen molar-refractivity contribution < 1.29 is 4.79 Å². The molecule has 2 fully saturated rings. The zero-order valence-corrected chi connectivity index (χ0v) is 18.2. The van der Waals surface area contributed by atoms with Gasteiger partial charge in [0.2, 0.25) is 0 Å². The van der Waals surface area contributed by atoms with Gasteiger partial charge in [0.1, 0.15) is 11.9 Å². The summed E-state index contributed by atoms with van der Waals surface area (Å²) >= 11 is 0. The number of urea groups is 1. The number of hydrogen-bond donors (Lipinski definition) is 2. The highest BCUT2D eigenvalue weighted by Crippen LogP contribution is 2.35. The van der Waals surface area contributed by atoms with Gasteiger partial charge in [0.15, 0.2) is 0 Å². The highest BCUT2D eigenvalue weighted by Gasteiger charge is 2.40. The second kappa shape index (κ2) is 8.17. The molecule has 2 N–H and O–H groups in total. The molecule has 1 saturated heterocycles. The van der Waals surface area contributed by atoms with Crippen LogP contribution in [0.1, 0.15) is 61.3 Å². The van der Waals surface area contributed by atoms with Crippen molar-refractivity contribution in [3.05, 3.63) is 59.4 Å². The Hall–Kier alpha value is -3.15. The third kappa shape index (κ3) is 3.82. The minimum absolute atomic E-state index is 0.129. The highest BCUT2D eigenvalue weighted by atomic mass is 16.2. The number of aryl methyl sites for hydroxylation is 2. The van der Waals surface area contributed by atoms with Crippen molar-refractivity contribution in [3.8, 4) is 0 Å². The van der Waals surface area contributed by atoms with E-state index >= 15 is 0 Å². The van der Waals surface area contributed by atoms with Gasteiger partial charge in [0.05, 0.1) is 23.4 Å². The summed E-state index contributed by atoms with van der Waals surface area (Å²) in [6, 6.07) is 12.2. The van der Waals surface area contributed by atoms with Crippen molar-refractivity contribution in [2.45, 2.75) is 64.5 Å². The SMILES string of the molecule is Cc1ccc(C2/C(=N/C3CCCCCC3)NC(=O)N2c2ccc3nc[nH]c3c2)c(C)c1. The fourth-order valence-corrected chi connectivity index (χ4v) is 4.92. The second-order valence-electron chi connectivity index (χ2n) is 8.83. The number of fused-ring (bicyclic) bond motifs is 1. The first kappa shape index (κ1) is 19.8. The summed E-state index contributed by atoms with van der Waals surface area (Å²) in [5.74, 6) is 0.772. The Labute approximate surface area is 182 Å². The summed E-state index contributed by atoms with van der Waals surface area (Å²) in [5.41, 5.74) is 6.14. The predicted molar refractivity (Wildman–Crippen MR) is 125 cm³/mol. The molecule has 1 unspecified atom stereocenters. The number of imidazole rings is 1. The Morgan fingerprint density at radius 1 is 1.03 bits per heavy atom. The van der Waals surface area contributed by atoms with Crippen LogP contribution < -0.4 is 10.2 Å². The number of amidine groups is 1. The summed E-state index contributed by atoms with van der Waals surface area (Å²) in [6.45, 7) is 4.21. The molecule has 2 aliphatic rings. The average Bonchev–Trinajstić information content (AvgIpc) is 3.23. The number of amides is 2. The summed E-state index contributed by atoms with van der Waals surface area (Å²) in [5, 5.41) is 3.11. The number of aliphatic imine (C=N–C) groups is 1. The van der Waals surface area contributed by atoms with E-state index in [0.29, 0.717) is 0 Å². The van der Waals surface area contributed by atoms with Crippen LogP contribution >= 0.6 is 0 Å². The number of H-pyrrole nitrogens is 1. The lowest BCUT2D eigenvalue weighted by molar-refractivity contribution is 0.252. The highest BCUT2D eigenvalue weighted by molar-refractivity contribution is 6.17. The van der Waals surface area contributed by atoms with Gasteiger partial charge in [-0.1, -0.05) is 49.4 Å². The number of nitrogens with zero attached hydrogens (tertiary/aromatic N) is 3. The zero-order chi connectivity index (χ0) is 21.4. The molecule has 0 bridgehead atoms. The van der Waals surface area contributed by atoms with Gasteiger partial charge in [0.25, 0.3) is 0 Å². The second-order valence-corrected chi connectivity index (χ2v) is 8.83. The van der Waals surface area contributed by atoms with Crippen molar-refractivity contribution >= 4 is 28.6 Å². The number of carbonyl (C=O) groups is 1. The first-order valence-electron chi connectivity index (χ1n) is 11.3. The molecule has 5 rings (SSSR count). The van der Waals surface area contributed by atoms with E-state index in [-0.39, 0.29) is 18.1 Å². The molecular weight excluding hydrogens is 386 g/mol. The predicted octanol–water partition coefficient (Wildman–Crippen LogP) is 5.57. The Kier molecular flexibility index (Phi) is 5.22. The van der Waals surface area contributed by atoms with E-state index in [9.17, 15) is 4.79 Å². The molecular formula is C25H29N5O. The molecule has 1 aliphatic heterocycles. The molecule has 6 nitrogen and oxygen atoms in total. The first-order valence-corrected chi connectivity index (χ1v) is 11.3. The van der Waals surface area contributed by atoms with Crippen LogP contribution in [0, 0.1) is 13.8 Å². The molecule has 0 radical (unpaired) electrons. The average molecular weight is 416 g/mol. The molecule has 2 heterocycles. The third-order valence-electron chi connectivity index (χ3n) is 6.52. The largest absolute Gasteiger partial charge is 0.345 e. The van der Waals surface area contributed by atoms with E-state index in [1.807, 2.05) is 23.1 Å². The Morgan fingerprint density at radius 2 is 1.84 bits per heavy atom. The molecule has 1 aliphatic carbocycles. The van der Waals surface area contributed by atoms with E-state index in [1.165, 1.54) is 36.8 Å². The van der Waals surface area contributed by atoms with Crippen LogP contribution in [-0.2, 0) is 0 Å². The lowest BCUT2D eigenvalue weighted by Crippen LogP contribution is -2.30. The lowest BCUT2D eigenvalue weighted by Gasteiger charge is -2.25. The minimum atomic E-state index is -0.253. The van der Waals surface area contributed by atoms with Gasteiger partial charge in [0, 0.05) is 5.69 Å². The fourth-order valence-electron chi connectivity index (χ4n) is 4.92. The standard InChI is InChI=1S/C25H29N5O/c1-16-9-11-20(17(2)13-16)23-24(28-18-7-5-3-4-6-8-18)29-25(31)30(23)19-10-12-21-22(14-19)27-15-26-21/h9-15,18,23H,3-8H2,1-2H3,(H,26,27)(H,28,29,31). The van der Waals surface area contributed by atoms with Gasteiger partial charge < -0.3 is 4.98 Å². The quantitative estimate of drug-likeness (QED) is 0.549. The molecule has 3 aromatic rings. The number of nitrogens with one attached hydrogen (secondary N) is 2. The zero-order valence-electron chi connectivity index (χ0n) is 18.2. The Morgan fingerprint density at radius 3 is 2.61 bits per heavy atom. The van der Waals surface area contributed by atoms with Gasteiger partial charge in [-0.05, 0) is 56.0 Å². The third-order valence-corrected chi connectivity index (χ3v) is 6.52. The number of rotatable bonds is 3. The maximum Gasteiger partial charge on any atom is 0.328 e. The fraction of sp³-hybridized carbons (Fsp3) is 0.400. The van der Waals surface area contributed by atoms with E-state index in [4.69, 9.17) is 4.99 Å². The molecule has 31 heavy (non-hydrogen) atoms. The van der Waals surface area contributed by atoms with Crippen LogP contribution in [0.2, 0.25) is 0 Å². The Bertz CT molecular complexity index is 1140. The number of benzene rings is 2. The normalized spacial score (nSPS) is 21.6. The van der Waals surface area contributed by atoms with Crippen molar-refractivity contribution in [1.29, 1.82) is 0 Å². The van der Waals surface area contributed by atoms with Crippen LogP contribution in [0.5, 0.6) is 0 Å². The number of aromatic amines is 1. The van der Waals surface area contributed by atoms with Crippen LogP contribution in [-0.4, -0.2) is 27.9 Å². The molecule has 1 saturated carbocycles. The summed E-state index contributed by atoms with van der Waals surface area (Å²) < 4.78 is 0. The van der Waals surface area contributed by atoms with Gasteiger partial charge in [-0.25, -0.2) is 9.78 Å². The van der Waals surface area contributed by atoms with Crippen molar-refractivity contribution in [2.24, 2.45) is 4.99 Å². The van der Waals surface area contributed by atoms with E-state index in [2.05, 4.69) is 47.3 Å². The maximum atomic E-state index is 13.2. The number of anilines is 1. The van der Waals surface area contributed by atoms with Gasteiger partial charge >= 0.3 is 6.03 Å². The molecule has 160 valence electrons. The van der Waals surface area contributed by atoms with Crippen LogP contribution in [0.4, 0.5) is 10.5 Å². The first-order chi connectivity index (χ1) is 15.1. The molecule has 1 aromatic heterocycles. The summed E-state index contributed by atoms with van der Waals surface area (Å²) in [7, 11) is 0. The lowest BCUT2D eigenvalue weighted by atomic mass is 9.97. The van der Waals surface area contributed by atoms with Gasteiger partial charge in [-0.3, -0.25) is 15.2 Å². The Balaban J connectivity index is 1.60. The monoisotopic (exact) mass is 415 g/mol.